The molecule has 7 heteroatoms. The number of rotatable bonds is 6. The standard InChI is InChI=1S/C22H22ClN3O2.ClH/c1-24-22(27)26-14-19-8-6-16(13-25-19)10-15-7-9-21(28-2)20(11-15)17-4-3-5-18(23)12-17;/h3-9,11-13H,10,14H2,1-2H3,(H2,24,26,27);1H. The highest BCUT2D eigenvalue weighted by Gasteiger charge is 2.09. The molecule has 0 bridgehead atoms. The van der Waals surface area contributed by atoms with Crippen molar-refractivity contribution in [2.75, 3.05) is 14.2 Å². The predicted molar refractivity (Wildman–Crippen MR) is 119 cm³/mol. The topological polar surface area (TPSA) is 63.2 Å². The van der Waals surface area contributed by atoms with E-state index in [-0.39, 0.29) is 18.4 Å². The second-order valence-electron chi connectivity index (χ2n) is 6.31. The van der Waals surface area contributed by atoms with Crippen molar-refractivity contribution in [2.45, 2.75) is 13.0 Å². The normalized spacial score (nSPS) is 10.0. The molecule has 0 atom stereocenters. The number of hydrogen-bond donors (Lipinski definition) is 2. The first-order chi connectivity index (χ1) is 13.6. The number of methoxy groups -OCH3 is 1. The third-order valence-corrected chi connectivity index (χ3v) is 4.59. The molecule has 0 fully saturated rings. The molecule has 3 aromatic rings. The van der Waals surface area contributed by atoms with Gasteiger partial charge in [-0.05, 0) is 53.4 Å². The van der Waals surface area contributed by atoms with Crippen molar-refractivity contribution in [2.24, 2.45) is 0 Å². The number of hydrogen-bond acceptors (Lipinski definition) is 3. The molecule has 0 aliphatic heterocycles. The molecule has 29 heavy (non-hydrogen) atoms. The smallest absolute Gasteiger partial charge is 0.314 e. The molecule has 0 aliphatic rings. The second-order valence-corrected chi connectivity index (χ2v) is 6.75. The number of aromatic nitrogens is 1. The van der Waals surface area contributed by atoms with Crippen LogP contribution >= 0.6 is 24.0 Å². The van der Waals surface area contributed by atoms with Gasteiger partial charge < -0.3 is 15.4 Å². The minimum absolute atomic E-state index is 0. The molecule has 152 valence electrons. The van der Waals surface area contributed by atoms with Gasteiger partial charge in [0.05, 0.1) is 19.3 Å². The number of carbonyl (C=O) groups is 1. The number of pyridine rings is 1. The van der Waals surface area contributed by atoms with Gasteiger partial charge in [-0.15, -0.1) is 12.4 Å². The lowest BCUT2D eigenvalue weighted by Gasteiger charge is -2.12. The molecular weight excluding hydrogens is 409 g/mol. The average molecular weight is 432 g/mol. The highest BCUT2D eigenvalue weighted by molar-refractivity contribution is 6.30. The summed E-state index contributed by atoms with van der Waals surface area (Å²) in [4.78, 5) is 15.7. The fourth-order valence-corrected chi connectivity index (χ4v) is 3.10. The van der Waals surface area contributed by atoms with Crippen LogP contribution in [0, 0.1) is 0 Å². The van der Waals surface area contributed by atoms with E-state index in [0.717, 1.165) is 40.1 Å². The molecule has 5 nitrogen and oxygen atoms in total. The fraction of sp³-hybridized carbons (Fsp3) is 0.182. The Hall–Kier alpha value is -2.76. The molecule has 0 aliphatic carbocycles. The molecule has 2 N–H and O–H groups in total. The maximum atomic E-state index is 11.2. The molecule has 1 heterocycles. The van der Waals surface area contributed by atoms with Gasteiger partial charge in [0.25, 0.3) is 0 Å². The van der Waals surface area contributed by atoms with Crippen LogP contribution in [0.5, 0.6) is 5.75 Å². The zero-order chi connectivity index (χ0) is 19.9. The number of ether oxygens (including phenoxy) is 1. The largest absolute Gasteiger partial charge is 0.496 e. The molecule has 3 rings (SSSR count). The van der Waals surface area contributed by atoms with E-state index < -0.39 is 0 Å². The lowest BCUT2D eigenvalue weighted by Crippen LogP contribution is -2.32. The molecule has 2 aromatic carbocycles. The van der Waals surface area contributed by atoms with Crippen molar-refractivity contribution >= 4 is 30.0 Å². The summed E-state index contributed by atoms with van der Waals surface area (Å²) in [6, 6.07) is 17.6. The van der Waals surface area contributed by atoms with Crippen molar-refractivity contribution in [3.05, 3.63) is 82.6 Å². The first-order valence-electron chi connectivity index (χ1n) is 8.91. The van der Waals surface area contributed by atoms with Gasteiger partial charge in [-0.25, -0.2) is 4.79 Å². The molecule has 2 amide bonds. The summed E-state index contributed by atoms with van der Waals surface area (Å²) in [5.74, 6) is 0.805. The Labute approximate surface area is 181 Å². The third-order valence-electron chi connectivity index (χ3n) is 4.35. The van der Waals surface area contributed by atoms with E-state index >= 15 is 0 Å². The van der Waals surface area contributed by atoms with E-state index in [1.54, 1.807) is 14.2 Å². The molecule has 0 saturated carbocycles. The van der Waals surface area contributed by atoms with Crippen molar-refractivity contribution in [1.82, 2.24) is 15.6 Å². The van der Waals surface area contributed by atoms with Crippen LogP contribution in [0.2, 0.25) is 5.02 Å². The molecule has 0 saturated heterocycles. The van der Waals surface area contributed by atoms with E-state index in [0.29, 0.717) is 11.6 Å². The predicted octanol–water partition coefficient (Wildman–Crippen LogP) is 4.85. The second kappa shape index (κ2) is 10.7. The van der Waals surface area contributed by atoms with Gasteiger partial charge in [0.1, 0.15) is 5.75 Å². The highest BCUT2D eigenvalue weighted by Crippen LogP contribution is 2.32. The fourth-order valence-electron chi connectivity index (χ4n) is 2.91. The molecule has 0 radical (unpaired) electrons. The van der Waals surface area contributed by atoms with Crippen molar-refractivity contribution < 1.29 is 9.53 Å². The summed E-state index contributed by atoms with van der Waals surface area (Å²) >= 11 is 6.15. The molecule has 0 unspecified atom stereocenters. The summed E-state index contributed by atoms with van der Waals surface area (Å²) < 4.78 is 5.52. The summed E-state index contributed by atoms with van der Waals surface area (Å²) in [6.45, 7) is 0.390. The van der Waals surface area contributed by atoms with E-state index in [9.17, 15) is 4.79 Å². The maximum absolute atomic E-state index is 11.2. The van der Waals surface area contributed by atoms with Crippen LogP contribution in [-0.2, 0) is 13.0 Å². The quantitative estimate of drug-likeness (QED) is 0.585. The maximum Gasteiger partial charge on any atom is 0.314 e. The Kier molecular flexibility index (Phi) is 8.31. The van der Waals surface area contributed by atoms with Crippen LogP contribution in [0.4, 0.5) is 4.79 Å². The van der Waals surface area contributed by atoms with Gasteiger partial charge in [0.15, 0.2) is 0 Å². The zero-order valence-electron chi connectivity index (χ0n) is 16.2. The Morgan fingerprint density at radius 3 is 2.55 bits per heavy atom. The van der Waals surface area contributed by atoms with E-state index in [1.165, 1.54) is 0 Å². The van der Waals surface area contributed by atoms with Gasteiger partial charge in [0.2, 0.25) is 0 Å². The first-order valence-corrected chi connectivity index (χ1v) is 9.29. The lowest BCUT2D eigenvalue weighted by atomic mass is 9.98. The average Bonchev–Trinajstić information content (AvgIpc) is 2.73. The van der Waals surface area contributed by atoms with Gasteiger partial charge >= 0.3 is 6.03 Å². The van der Waals surface area contributed by atoms with E-state index in [4.69, 9.17) is 16.3 Å². The number of halogens is 2. The zero-order valence-corrected chi connectivity index (χ0v) is 17.8. The van der Waals surface area contributed by atoms with Gasteiger partial charge in [-0.1, -0.05) is 35.9 Å². The van der Waals surface area contributed by atoms with Gasteiger partial charge in [-0.3, -0.25) is 4.98 Å². The van der Waals surface area contributed by atoms with Crippen LogP contribution in [0.25, 0.3) is 11.1 Å². The van der Waals surface area contributed by atoms with Crippen LogP contribution in [0.15, 0.2) is 60.8 Å². The molecule has 0 spiro atoms. The molecule has 1 aromatic heterocycles. The lowest BCUT2D eigenvalue weighted by molar-refractivity contribution is 0.242. The minimum Gasteiger partial charge on any atom is -0.496 e. The van der Waals surface area contributed by atoms with Gasteiger partial charge in [-0.2, -0.15) is 0 Å². The van der Waals surface area contributed by atoms with Crippen molar-refractivity contribution in [3.8, 4) is 16.9 Å². The number of benzene rings is 2. The number of nitrogens with one attached hydrogen (secondary N) is 2. The highest BCUT2D eigenvalue weighted by atomic mass is 35.5. The molecular formula is C22H23Cl2N3O2. The SMILES string of the molecule is CNC(=O)NCc1ccc(Cc2ccc(OC)c(-c3cccc(Cl)c3)c2)cn1.Cl. The summed E-state index contributed by atoms with van der Waals surface area (Å²) in [5.41, 5.74) is 5.06. The van der Waals surface area contributed by atoms with Crippen molar-refractivity contribution in [1.29, 1.82) is 0 Å². The summed E-state index contributed by atoms with van der Waals surface area (Å²) in [6.07, 6.45) is 2.58. The van der Waals surface area contributed by atoms with E-state index in [2.05, 4.69) is 21.7 Å². The number of nitrogens with zero attached hydrogens (tertiary/aromatic N) is 1. The van der Waals surface area contributed by atoms with E-state index in [1.807, 2.05) is 54.7 Å². The Morgan fingerprint density at radius 2 is 1.90 bits per heavy atom. The summed E-state index contributed by atoms with van der Waals surface area (Å²) in [5, 5.41) is 5.93. The van der Waals surface area contributed by atoms with Gasteiger partial charge in [0, 0.05) is 23.8 Å². The van der Waals surface area contributed by atoms with Crippen LogP contribution in [0.3, 0.4) is 0 Å². The van der Waals surface area contributed by atoms with Crippen LogP contribution in [0.1, 0.15) is 16.8 Å². The third kappa shape index (κ3) is 6.11. The minimum atomic E-state index is -0.224. The Morgan fingerprint density at radius 1 is 1.10 bits per heavy atom. The summed E-state index contributed by atoms with van der Waals surface area (Å²) in [7, 11) is 3.25. The Balaban J connectivity index is 0.00000300. The number of carbonyl (C=O) groups excluding carboxylic acids is 1. The first kappa shape index (κ1) is 22.5. The Bertz CT molecular complexity index is 963. The number of urea groups is 1. The van der Waals surface area contributed by atoms with Crippen LogP contribution < -0.4 is 15.4 Å². The van der Waals surface area contributed by atoms with Crippen molar-refractivity contribution in [3.63, 3.8) is 0 Å². The monoisotopic (exact) mass is 431 g/mol. The van der Waals surface area contributed by atoms with Crippen LogP contribution in [-0.4, -0.2) is 25.2 Å². The number of amides is 2.